The maximum atomic E-state index is 14.0. The van der Waals surface area contributed by atoms with E-state index in [1.54, 1.807) is 29.9 Å². The molecule has 0 aliphatic carbocycles. The van der Waals surface area contributed by atoms with Crippen LogP contribution in [0.25, 0.3) is 10.2 Å². The molecule has 0 aromatic carbocycles. The third kappa shape index (κ3) is 2.15. The molecule has 0 N–H and O–H groups in total. The fourth-order valence-corrected chi connectivity index (χ4v) is 4.71. The summed E-state index contributed by atoms with van der Waals surface area (Å²) in [6, 6.07) is 5.22. The summed E-state index contributed by atoms with van der Waals surface area (Å²) >= 11 is 1.64. The first-order valence-electron chi connectivity index (χ1n) is 8.08. The zero-order valence-corrected chi connectivity index (χ0v) is 13.8. The van der Waals surface area contributed by atoms with Crippen molar-refractivity contribution in [3.05, 3.63) is 41.9 Å². The summed E-state index contributed by atoms with van der Waals surface area (Å²) in [5, 5.41) is 3.20. The number of hydrogen-bond acceptors (Lipinski definition) is 6. The molecule has 122 valence electrons. The van der Waals surface area contributed by atoms with Gasteiger partial charge in [0.05, 0.1) is 5.39 Å². The highest BCUT2D eigenvalue weighted by atomic mass is 32.1. The fourth-order valence-electron chi connectivity index (χ4n) is 3.98. The predicted octanol–water partition coefficient (Wildman–Crippen LogP) is 2.80. The molecule has 2 atom stereocenters. The highest BCUT2D eigenvalue weighted by Gasteiger charge is 2.41. The van der Waals surface area contributed by atoms with Crippen molar-refractivity contribution in [2.75, 3.05) is 36.0 Å². The number of halogens is 1. The summed E-state index contributed by atoms with van der Waals surface area (Å²) in [6.07, 6.45) is 3.31. The molecule has 2 aliphatic rings. The monoisotopic (exact) mass is 341 g/mol. The molecule has 5 nitrogen and oxygen atoms in total. The standard InChI is InChI=1S/C17H16FN5S/c18-14-2-1-4-19-16(14)23-8-11-6-22(7-12(11)9-23)15-13-3-5-24-17(13)21-10-20-15/h1-5,10-12H,6-9H2. The number of thiophene rings is 1. The normalized spacial score (nSPS) is 23.2. The molecule has 3 aromatic heterocycles. The Morgan fingerprint density at radius 3 is 2.46 bits per heavy atom. The maximum Gasteiger partial charge on any atom is 0.165 e. The lowest BCUT2D eigenvalue weighted by molar-refractivity contribution is 0.533. The van der Waals surface area contributed by atoms with Gasteiger partial charge in [0.2, 0.25) is 0 Å². The van der Waals surface area contributed by atoms with Gasteiger partial charge in [-0.3, -0.25) is 0 Å². The van der Waals surface area contributed by atoms with Crippen molar-refractivity contribution < 1.29 is 4.39 Å². The second-order valence-electron chi connectivity index (χ2n) is 6.48. The minimum absolute atomic E-state index is 0.231. The third-order valence-electron chi connectivity index (χ3n) is 5.07. The predicted molar refractivity (Wildman–Crippen MR) is 93.0 cm³/mol. The summed E-state index contributed by atoms with van der Waals surface area (Å²) in [7, 11) is 0. The fraction of sp³-hybridized carbons (Fsp3) is 0.353. The van der Waals surface area contributed by atoms with Crippen LogP contribution in [0.4, 0.5) is 16.0 Å². The Morgan fingerprint density at radius 1 is 0.958 bits per heavy atom. The molecular weight excluding hydrogens is 325 g/mol. The van der Waals surface area contributed by atoms with Crippen molar-refractivity contribution in [3.63, 3.8) is 0 Å². The van der Waals surface area contributed by atoms with E-state index in [1.807, 2.05) is 0 Å². The van der Waals surface area contributed by atoms with Crippen LogP contribution in [0.2, 0.25) is 0 Å². The Balaban J connectivity index is 1.37. The van der Waals surface area contributed by atoms with Crippen LogP contribution in [-0.4, -0.2) is 41.1 Å². The molecule has 0 radical (unpaired) electrons. The Kier molecular flexibility index (Phi) is 3.16. The van der Waals surface area contributed by atoms with E-state index < -0.39 is 0 Å². The van der Waals surface area contributed by atoms with Gasteiger partial charge in [0.15, 0.2) is 11.6 Å². The van der Waals surface area contributed by atoms with Crippen LogP contribution in [-0.2, 0) is 0 Å². The number of rotatable bonds is 2. The van der Waals surface area contributed by atoms with Crippen molar-refractivity contribution in [1.82, 2.24) is 15.0 Å². The van der Waals surface area contributed by atoms with E-state index >= 15 is 0 Å². The van der Waals surface area contributed by atoms with Crippen LogP contribution in [0.1, 0.15) is 0 Å². The molecule has 5 rings (SSSR count). The summed E-state index contributed by atoms with van der Waals surface area (Å²) < 4.78 is 14.0. The molecular formula is C17H16FN5S. The second-order valence-corrected chi connectivity index (χ2v) is 7.37. The Morgan fingerprint density at radius 2 is 1.71 bits per heavy atom. The van der Waals surface area contributed by atoms with Crippen LogP contribution in [0.3, 0.4) is 0 Å². The molecule has 2 unspecified atom stereocenters. The van der Waals surface area contributed by atoms with Gasteiger partial charge in [-0.25, -0.2) is 19.3 Å². The smallest absolute Gasteiger partial charge is 0.165 e. The molecule has 5 heterocycles. The lowest BCUT2D eigenvalue weighted by Crippen LogP contribution is -2.30. The number of anilines is 2. The summed E-state index contributed by atoms with van der Waals surface area (Å²) in [6.45, 7) is 3.62. The van der Waals surface area contributed by atoms with Crippen molar-refractivity contribution in [3.8, 4) is 0 Å². The van der Waals surface area contributed by atoms with Crippen LogP contribution >= 0.6 is 11.3 Å². The van der Waals surface area contributed by atoms with Gasteiger partial charge in [-0.2, -0.15) is 0 Å². The first-order chi connectivity index (χ1) is 11.8. The molecule has 2 fully saturated rings. The summed E-state index contributed by atoms with van der Waals surface area (Å²) in [4.78, 5) is 18.5. The van der Waals surface area contributed by atoms with E-state index in [0.717, 1.165) is 42.2 Å². The van der Waals surface area contributed by atoms with E-state index in [9.17, 15) is 4.39 Å². The molecule has 2 aliphatic heterocycles. The second kappa shape index (κ2) is 5.37. The maximum absolute atomic E-state index is 14.0. The first-order valence-corrected chi connectivity index (χ1v) is 8.96. The van der Waals surface area contributed by atoms with Crippen molar-refractivity contribution >= 4 is 33.2 Å². The van der Waals surface area contributed by atoms with Crippen molar-refractivity contribution in [2.24, 2.45) is 11.8 Å². The Bertz CT molecular complexity index is 883. The molecule has 24 heavy (non-hydrogen) atoms. The number of pyridine rings is 1. The molecule has 7 heteroatoms. The van der Waals surface area contributed by atoms with Gasteiger partial charge >= 0.3 is 0 Å². The zero-order valence-electron chi connectivity index (χ0n) is 13.0. The van der Waals surface area contributed by atoms with Gasteiger partial charge in [0, 0.05) is 44.2 Å². The van der Waals surface area contributed by atoms with E-state index in [0.29, 0.717) is 17.7 Å². The van der Waals surface area contributed by atoms with Crippen LogP contribution in [0.15, 0.2) is 36.1 Å². The minimum atomic E-state index is -0.231. The van der Waals surface area contributed by atoms with Crippen molar-refractivity contribution in [2.45, 2.75) is 0 Å². The molecule has 0 bridgehead atoms. The number of fused-ring (bicyclic) bond motifs is 2. The van der Waals surface area contributed by atoms with Gasteiger partial charge in [0.25, 0.3) is 0 Å². The van der Waals surface area contributed by atoms with Gasteiger partial charge in [0.1, 0.15) is 17.0 Å². The number of aromatic nitrogens is 3. The van der Waals surface area contributed by atoms with E-state index in [4.69, 9.17) is 0 Å². The quantitative estimate of drug-likeness (QED) is 0.717. The largest absolute Gasteiger partial charge is 0.355 e. The van der Waals surface area contributed by atoms with Crippen LogP contribution in [0.5, 0.6) is 0 Å². The molecule has 0 amide bonds. The lowest BCUT2D eigenvalue weighted by Gasteiger charge is -2.23. The molecule has 0 spiro atoms. The Hall–Kier alpha value is -2.28. The average Bonchev–Trinajstić information content (AvgIpc) is 3.28. The molecule has 2 saturated heterocycles. The highest BCUT2D eigenvalue weighted by Crippen LogP contribution is 2.37. The minimum Gasteiger partial charge on any atom is -0.355 e. The van der Waals surface area contributed by atoms with E-state index in [-0.39, 0.29) is 5.82 Å². The molecule has 0 saturated carbocycles. The number of nitrogens with zero attached hydrogens (tertiary/aromatic N) is 5. The van der Waals surface area contributed by atoms with Crippen molar-refractivity contribution in [1.29, 1.82) is 0 Å². The van der Waals surface area contributed by atoms with Gasteiger partial charge in [-0.1, -0.05) is 0 Å². The lowest BCUT2D eigenvalue weighted by atomic mass is 10.0. The summed E-state index contributed by atoms with van der Waals surface area (Å²) in [5.74, 6) is 2.34. The van der Waals surface area contributed by atoms with Gasteiger partial charge in [-0.05, 0) is 23.6 Å². The average molecular weight is 341 g/mol. The van der Waals surface area contributed by atoms with E-state index in [1.165, 1.54) is 6.07 Å². The van der Waals surface area contributed by atoms with Crippen LogP contribution < -0.4 is 9.80 Å². The zero-order chi connectivity index (χ0) is 16.1. The molecule has 3 aromatic rings. The Labute approximate surface area is 142 Å². The first kappa shape index (κ1) is 14.1. The number of hydrogen-bond donors (Lipinski definition) is 0. The van der Waals surface area contributed by atoms with Gasteiger partial charge < -0.3 is 9.80 Å². The SMILES string of the molecule is Fc1cccnc1N1CC2CN(c3ncnc4sccc34)CC2C1. The van der Waals surface area contributed by atoms with Crippen LogP contribution in [0, 0.1) is 17.7 Å². The third-order valence-corrected chi connectivity index (χ3v) is 5.89. The topological polar surface area (TPSA) is 45.2 Å². The van der Waals surface area contributed by atoms with E-state index in [2.05, 4.69) is 36.2 Å². The summed E-state index contributed by atoms with van der Waals surface area (Å²) in [5.41, 5.74) is 0. The highest BCUT2D eigenvalue weighted by molar-refractivity contribution is 7.16. The van der Waals surface area contributed by atoms with Gasteiger partial charge in [-0.15, -0.1) is 11.3 Å².